The number of benzene rings is 1. The number of nitrogens with two attached hydrogens (primary N) is 2. The van der Waals surface area contributed by atoms with Gasteiger partial charge in [-0.3, -0.25) is 9.59 Å². The van der Waals surface area contributed by atoms with Crippen molar-refractivity contribution in [1.29, 1.82) is 0 Å². The van der Waals surface area contributed by atoms with E-state index in [1.807, 2.05) is 25.1 Å². The molecule has 26 heavy (non-hydrogen) atoms. The average molecular weight is 362 g/mol. The summed E-state index contributed by atoms with van der Waals surface area (Å²) in [6.07, 6.45) is 4.75. The van der Waals surface area contributed by atoms with Gasteiger partial charge in [0, 0.05) is 31.4 Å². The largest absolute Gasteiger partial charge is 0.382 e. The molecule has 1 aromatic rings. The van der Waals surface area contributed by atoms with E-state index in [0.717, 1.165) is 31.4 Å². The Labute approximate surface area is 154 Å². The lowest BCUT2D eigenvalue weighted by Gasteiger charge is -2.28. The Kier molecular flexibility index (Phi) is 7.14. The van der Waals surface area contributed by atoms with Gasteiger partial charge in [0.2, 0.25) is 0 Å². The van der Waals surface area contributed by atoms with Crippen molar-refractivity contribution in [2.24, 2.45) is 17.5 Å². The molecule has 1 aromatic carbocycles. The number of hydrogen-bond donors (Lipinski definition) is 3. The summed E-state index contributed by atoms with van der Waals surface area (Å²) in [6, 6.07) is 6.05. The molecule has 0 radical (unpaired) electrons. The topological polar surface area (TPSA) is 113 Å². The molecule has 7 nitrogen and oxygen atoms in total. The summed E-state index contributed by atoms with van der Waals surface area (Å²) < 4.78 is 0. The van der Waals surface area contributed by atoms with Crippen molar-refractivity contribution < 1.29 is 14.7 Å². The minimum atomic E-state index is -1.48. The molecule has 0 aliphatic heterocycles. The lowest BCUT2D eigenvalue weighted by molar-refractivity contribution is -0.138. The zero-order valence-corrected chi connectivity index (χ0v) is 15.6. The number of hydrogen-bond acceptors (Lipinski definition) is 6. The van der Waals surface area contributed by atoms with Crippen LogP contribution in [0, 0.1) is 5.92 Å². The van der Waals surface area contributed by atoms with Crippen LogP contribution in [0.5, 0.6) is 0 Å². The van der Waals surface area contributed by atoms with E-state index in [0.29, 0.717) is 17.3 Å². The SMILES string of the molecule is CN(C)c1cccc(C(=O)N(N)C(=O)C(O)[C@H](N)CC2CCCCC2)c1. The van der Waals surface area contributed by atoms with E-state index in [4.69, 9.17) is 11.6 Å². The van der Waals surface area contributed by atoms with E-state index in [2.05, 4.69) is 0 Å². The quantitative estimate of drug-likeness (QED) is 0.399. The molecule has 0 spiro atoms. The second-order valence-electron chi connectivity index (χ2n) is 7.31. The van der Waals surface area contributed by atoms with E-state index >= 15 is 0 Å². The molecule has 144 valence electrons. The van der Waals surface area contributed by atoms with Crippen LogP contribution in [-0.2, 0) is 4.79 Å². The van der Waals surface area contributed by atoms with Gasteiger partial charge >= 0.3 is 0 Å². The molecular formula is C19H30N4O3. The normalized spacial score (nSPS) is 17.4. The van der Waals surface area contributed by atoms with E-state index in [9.17, 15) is 14.7 Å². The van der Waals surface area contributed by atoms with Crippen molar-refractivity contribution in [2.45, 2.75) is 50.7 Å². The maximum atomic E-state index is 12.5. The molecular weight excluding hydrogens is 332 g/mol. The first-order valence-electron chi connectivity index (χ1n) is 9.15. The number of aliphatic hydroxyl groups excluding tert-OH is 1. The summed E-state index contributed by atoms with van der Waals surface area (Å²) in [5.41, 5.74) is 7.11. The Hall–Kier alpha value is -1.96. The van der Waals surface area contributed by atoms with Gasteiger partial charge in [-0.1, -0.05) is 38.2 Å². The van der Waals surface area contributed by atoms with Gasteiger partial charge in [0.05, 0.1) is 0 Å². The third kappa shape index (κ3) is 5.03. The first kappa shape index (κ1) is 20.4. The number of hydrazine groups is 1. The number of aliphatic hydroxyl groups is 1. The second-order valence-corrected chi connectivity index (χ2v) is 7.31. The van der Waals surface area contributed by atoms with Gasteiger partial charge < -0.3 is 15.7 Å². The number of imide groups is 1. The van der Waals surface area contributed by atoms with Gasteiger partial charge in [0.15, 0.2) is 0 Å². The zero-order chi connectivity index (χ0) is 19.3. The average Bonchev–Trinajstić information content (AvgIpc) is 2.66. The van der Waals surface area contributed by atoms with Crippen LogP contribution in [0.3, 0.4) is 0 Å². The Morgan fingerprint density at radius 1 is 1.23 bits per heavy atom. The van der Waals surface area contributed by atoms with Crippen LogP contribution in [-0.4, -0.2) is 48.2 Å². The third-order valence-electron chi connectivity index (χ3n) is 5.05. The van der Waals surface area contributed by atoms with Crippen LogP contribution in [0.4, 0.5) is 5.69 Å². The molecule has 7 heteroatoms. The van der Waals surface area contributed by atoms with Crippen LogP contribution in [0.2, 0.25) is 0 Å². The molecule has 0 heterocycles. The lowest BCUT2D eigenvalue weighted by atomic mass is 9.84. The highest BCUT2D eigenvalue weighted by molar-refractivity contribution is 6.05. The maximum Gasteiger partial charge on any atom is 0.275 e. The maximum absolute atomic E-state index is 12.5. The van der Waals surface area contributed by atoms with Gasteiger partial charge in [-0.15, -0.1) is 0 Å². The molecule has 2 amide bonds. The summed E-state index contributed by atoms with van der Waals surface area (Å²) in [5.74, 6) is 4.58. The molecule has 0 bridgehead atoms. The van der Waals surface area contributed by atoms with Crippen molar-refractivity contribution in [2.75, 3.05) is 19.0 Å². The van der Waals surface area contributed by atoms with Gasteiger partial charge in [-0.05, 0) is 30.5 Å². The molecule has 5 N–H and O–H groups in total. The molecule has 2 atom stereocenters. The van der Waals surface area contributed by atoms with E-state index in [1.54, 1.807) is 18.2 Å². The van der Waals surface area contributed by atoms with Crippen molar-refractivity contribution in [3.63, 3.8) is 0 Å². The highest BCUT2D eigenvalue weighted by Gasteiger charge is 2.32. The fourth-order valence-electron chi connectivity index (χ4n) is 3.42. The molecule has 1 aliphatic carbocycles. The molecule has 0 aromatic heterocycles. The van der Waals surface area contributed by atoms with Gasteiger partial charge in [-0.25, -0.2) is 10.9 Å². The first-order valence-corrected chi connectivity index (χ1v) is 9.15. The first-order chi connectivity index (χ1) is 12.3. The number of anilines is 1. The van der Waals surface area contributed by atoms with Crippen molar-refractivity contribution >= 4 is 17.5 Å². The van der Waals surface area contributed by atoms with E-state index in [1.165, 1.54) is 6.42 Å². The van der Waals surface area contributed by atoms with Crippen molar-refractivity contribution in [3.8, 4) is 0 Å². The molecule has 1 fully saturated rings. The fourth-order valence-corrected chi connectivity index (χ4v) is 3.42. The molecule has 1 unspecified atom stereocenters. The van der Waals surface area contributed by atoms with Crippen LogP contribution in [0.1, 0.15) is 48.9 Å². The Bertz CT molecular complexity index is 629. The Morgan fingerprint density at radius 2 is 1.88 bits per heavy atom. The van der Waals surface area contributed by atoms with Crippen molar-refractivity contribution in [3.05, 3.63) is 29.8 Å². The highest BCUT2D eigenvalue weighted by atomic mass is 16.3. The number of nitrogens with zero attached hydrogens (tertiary/aromatic N) is 2. The zero-order valence-electron chi connectivity index (χ0n) is 15.6. The molecule has 1 aliphatic rings. The smallest absolute Gasteiger partial charge is 0.275 e. The minimum Gasteiger partial charge on any atom is -0.382 e. The van der Waals surface area contributed by atoms with E-state index < -0.39 is 24.0 Å². The lowest BCUT2D eigenvalue weighted by Crippen LogP contribution is -2.53. The molecule has 2 rings (SSSR count). The summed E-state index contributed by atoms with van der Waals surface area (Å²) in [6.45, 7) is 0. The number of amides is 2. The van der Waals surface area contributed by atoms with Gasteiger partial charge in [-0.2, -0.15) is 0 Å². The van der Waals surface area contributed by atoms with Crippen LogP contribution >= 0.6 is 0 Å². The van der Waals surface area contributed by atoms with E-state index in [-0.39, 0.29) is 5.56 Å². The number of carbonyl (C=O) groups is 2. The summed E-state index contributed by atoms with van der Waals surface area (Å²) >= 11 is 0. The fraction of sp³-hybridized carbons (Fsp3) is 0.579. The Balaban J connectivity index is 2.00. The predicted octanol–water partition coefficient (Wildman–Crippen LogP) is 1.25. The second kappa shape index (κ2) is 9.12. The standard InChI is InChI=1S/C19H30N4O3/c1-22(2)15-10-6-9-14(12-15)18(25)23(21)19(26)17(24)16(20)11-13-7-4-3-5-8-13/h6,9-10,12-13,16-17,24H,3-5,7-8,11,20-21H2,1-2H3/t16-,17?/m1/s1. The summed E-state index contributed by atoms with van der Waals surface area (Å²) in [7, 11) is 3.70. The van der Waals surface area contributed by atoms with Gasteiger partial charge in [0.25, 0.3) is 11.8 Å². The summed E-state index contributed by atoms with van der Waals surface area (Å²) in [5, 5.41) is 10.7. The molecule has 1 saturated carbocycles. The molecule has 0 saturated heterocycles. The van der Waals surface area contributed by atoms with Crippen molar-refractivity contribution in [1.82, 2.24) is 5.01 Å². The number of rotatable bonds is 6. The highest BCUT2D eigenvalue weighted by Crippen LogP contribution is 2.27. The minimum absolute atomic E-state index is 0.278. The van der Waals surface area contributed by atoms with Crippen LogP contribution in [0.25, 0.3) is 0 Å². The van der Waals surface area contributed by atoms with Gasteiger partial charge in [0.1, 0.15) is 6.10 Å². The monoisotopic (exact) mass is 362 g/mol. The van der Waals surface area contributed by atoms with Crippen LogP contribution in [0.15, 0.2) is 24.3 Å². The predicted molar refractivity (Wildman–Crippen MR) is 101 cm³/mol. The van der Waals surface area contributed by atoms with Crippen LogP contribution < -0.4 is 16.5 Å². The Morgan fingerprint density at radius 3 is 2.50 bits per heavy atom. The summed E-state index contributed by atoms with van der Waals surface area (Å²) in [4.78, 5) is 26.7. The third-order valence-corrected chi connectivity index (χ3v) is 5.05. The number of carbonyl (C=O) groups excluding carboxylic acids is 2.